The van der Waals surface area contributed by atoms with Crippen molar-refractivity contribution in [2.45, 2.75) is 18.9 Å². The van der Waals surface area contributed by atoms with E-state index >= 15 is 0 Å². The van der Waals surface area contributed by atoms with Gasteiger partial charge in [-0.05, 0) is 43.5 Å². The Kier molecular flexibility index (Phi) is 4.69. The van der Waals surface area contributed by atoms with Gasteiger partial charge in [0.1, 0.15) is 0 Å². The molecule has 0 aliphatic carbocycles. The molecule has 2 aliphatic rings. The number of rotatable bonds is 3. The van der Waals surface area contributed by atoms with Crippen LogP contribution in [-0.4, -0.2) is 43.0 Å². The van der Waals surface area contributed by atoms with Crippen LogP contribution in [0.2, 0.25) is 10.0 Å². The van der Waals surface area contributed by atoms with Crippen LogP contribution in [0.25, 0.3) is 0 Å². The standard InChI is InChI=1S/C15H19Cl2N3O/c16-11-3-4-12(17)13(6-11)19-15(21)9-20-7-10-2-1-5-18-14(10)8-20/h3-4,6,10,14,18H,1-2,5,7-9H2,(H,19,21). The van der Waals surface area contributed by atoms with Gasteiger partial charge in [-0.2, -0.15) is 0 Å². The first-order chi connectivity index (χ1) is 10.1. The predicted octanol–water partition coefficient (Wildman–Crippen LogP) is 2.62. The van der Waals surface area contributed by atoms with Crippen molar-refractivity contribution in [3.05, 3.63) is 28.2 Å². The number of halogens is 2. The highest BCUT2D eigenvalue weighted by atomic mass is 35.5. The molecule has 114 valence electrons. The summed E-state index contributed by atoms with van der Waals surface area (Å²) in [6.45, 7) is 3.44. The fourth-order valence-electron chi connectivity index (χ4n) is 3.25. The number of likely N-dealkylation sites (tertiary alicyclic amines) is 1. The number of hydrogen-bond donors (Lipinski definition) is 2. The van der Waals surface area contributed by atoms with E-state index in [4.69, 9.17) is 23.2 Å². The maximum Gasteiger partial charge on any atom is 0.238 e. The normalized spacial score (nSPS) is 25.6. The van der Waals surface area contributed by atoms with E-state index in [-0.39, 0.29) is 5.91 Å². The zero-order valence-corrected chi connectivity index (χ0v) is 13.3. The van der Waals surface area contributed by atoms with E-state index in [2.05, 4.69) is 15.5 Å². The molecule has 0 bridgehead atoms. The number of amides is 1. The van der Waals surface area contributed by atoms with E-state index in [0.29, 0.717) is 34.2 Å². The van der Waals surface area contributed by atoms with Crippen molar-refractivity contribution < 1.29 is 4.79 Å². The Balaban J connectivity index is 1.56. The van der Waals surface area contributed by atoms with E-state index in [1.54, 1.807) is 18.2 Å². The van der Waals surface area contributed by atoms with Crippen LogP contribution in [0.15, 0.2) is 18.2 Å². The Morgan fingerprint density at radius 2 is 2.24 bits per heavy atom. The molecule has 2 unspecified atom stereocenters. The molecule has 0 aromatic heterocycles. The number of nitrogens with one attached hydrogen (secondary N) is 2. The van der Waals surface area contributed by atoms with Gasteiger partial charge in [0.25, 0.3) is 0 Å². The van der Waals surface area contributed by atoms with Gasteiger partial charge in [-0.3, -0.25) is 9.69 Å². The summed E-state index contributed by atoms with van der Waals surface area (Å²) in [7, 11) is 0. The van der Waals surface area contributed by atoms with Crippen molar-refractivity contribution >= 4 is 34.8 Å². The van der Waals surface area contributed by atoms with Crippen LogP contribution in [0.5, 0.6) is 0 Å². The molecule has 0 saturated carbocycles. The SMILES string of the molecule is O=C(CN1CC2CCCNC2C1)Nc1cc(Cl)ccc1Cl. The summed E-state index contributed by atoms with van der Waals surface area (Å²) < 4.78 is 0. The van der Waals surface area contributed by atoms with E-state index in [1.165, 1.54) is 12.8 Å². The third-order valence-corrected chi connectivity index (χ3v) is 4.81. The topological polar surface area (TPSA) is 44.4 Å². The van der Waals surface area contributed by atoms with Gasteiger partial charge in [0.05, 0.1) is 17.3 Å². The molecule has 2 heterocycles. The van der Waals surface area contributed by atoms with E-state index in [9.17, 15) is 4.79 Å². The monoisotopic (exact) mass is 327 g/mol. The van der Waals surface area contributed by atoms with Gasteiger partial charge < -0.3 is 10.6 Å². The van der Waals surface area contributed by atoms with Crippen molar-refractivity contribution in [2.75, 3.05) is 31.5 Å². The molecule has 2 saturated heterocycles. The van der Waals surface area contributed by atoms with Crippen LogP contribution in [0.4, 0.5) is 5.69 Å². The molecule has 4 nitrogen and oxygen atoms in total. The molecule has 6 heteroatoms. The molecule has 0 radical (unpaired) electrons. The predicted molar refractivity (Wildman–Crippen MR) is 86.0 cm³/mol. The first-order valence-corrected chi connectivity index (χ1v) is 8.08. The third kappa shape index (κ3) is 3.69. The number of carbonyl (C=O) groups excluding carboxylic acids is 1. The fourth-order valence-corrected chi connectivity index (χ4v) is 3.59. The minimum atomic E-state index is -0.0437. The Morgan fingerprint density at radius 1 is 1.38 bits per heavy atom. The lowest BCUT2D eigenvalue weighted by Gasteiger charge is -2.24. The van der Waals surface area contributed by atoms with Crippen LogP contribution in [0, 0.1) is 5.92 Å². The van der Waals surface area contributed by atoms with Gasteiger partial charge in [-0.1, -0.05) is 23.2 Å². The van der Waals surface area contributed by atoms with Crippen molar-refractivity contribution in [1.82, 2.24) is 10.2 Å². The second kappa shape index (κ2) is 6.53. The molecule has 1 aromatic rings. The van der Waals surface area contributed by atoms with Crippen LogP contribution in [0.3, 0.4) is 0 Å². The lowest BCUT2D eigenvalue weighted by molar-refractivity contribution is -0.117. The van der Waals surface area contributed by atoms with Crippen molar-refractivity contribution in [3.8, 4) is 0 Å². The highest BCUT2D eigenvalue weighted by molar-refractivity contribution is 6.35. The molecule has 1 amide bonds. The zero-order chi connectivity index (χ0) is 14.8. The summed E-state index contributed by atoms with van der Waals surface area (Å²) in [6.07, 6.45) is 2.50. The van der Waals surface area contributed by atoms with Crippen molar-refractivity contribution in [2.24, 2.45) is 5.92 Å². The number of nitrogens with zero attached hydrogens (tertiary/aromatic N) is 1. The summed E-state index contributed by atoms with van der Waals surface area (Å²) >= 11 is 12.0. The van der Waals surface area contributed by atoms with Crippen LogP contribution < -0.4 is 10.6 Å². The highest BCUT2D eigenvalue weighted by Gasteiger charge is 2.34. The Labute approximate surface area is 134 Å². The molecule has 21 heavy (non-hydrogen) atoms. The molecule has 0 spiro atoms. The summed E-state index contributed by atoms with van der Waals surface area (Å²) in [5.41, 5.74) is 0.573. The average molecular weight is 328 g/mol. The molecule has 2 fully saturated rings. The maximum atomic E-state index is 12.2. The van der Waals surface area contributed by atoms with Crippen LogP contribution in [0.1, 0.15) is 12.8 Å². The molecule has 3 rings (SSSR count). The lowest BCUT2D eigenvalue weighted by Crippen LogP contribution is -2.41. The summed E-state index contributed by atoms with van der Waals surface area (Å²) in [5.74, 6) is 0.638. The van der Waals surface area contributed by atoms with E-state index in [0.717, 1.165) is 19.6 Å². The first kappa shape index (κ1) is 15.1. The summed E-state index contributed by atoms with van der Waals surface area (Å²) in [6, 6.07) is 5.61. The second-order valence-electron chi connectivity index (χ2n) is 5.83. The van der Waals surface area contributed by atoms with Crippen LogP contribution >= 0.6 is 23.2 Å². The number of carbonyl (C=O) groups is 1. The van der Waals surface area contributed by atoms with Gasteiger partial charge in [0, 0.05) is 24.2 Å². The minimum absolute atomic E-state index is 0.0437. The number of anilines is 1. The van der Waals surface area contributed by atoms with Crippen LogP contribution in [-0.2, 0) is 4.79 Å². The fraction of sp³-hybridized carbons (Fsp3) is 0.533. The largest absolute Gasteiger partial charge is 0.324 e. The quantitative estimate of drug-likeness (QED) is 0.896. The average Bonchev–Trinajstić information content (AvgIpc) is 2.84. The summed E-state index contributed by atoms with van der Waals surface area (Å²) in [4.78, 5) is 14.4. The van der Waals surface area contributed by atoms with Crippen molar-refractivity contribution in [1.29, 1.82) is 0 Å². The molecule has 2 aliphatic heterocycles. The van der Waals surface area contributed by atoms with E-state index in [1.807, 2.05) is 0 Å². The molecule has 2 atom stereocenters. The molecular formula is C15H19Cl2N3O. The molecule has 2 N–H and O–H groups in total. The Hall–Kier alpha value is -0.810. The Morgan fingerprint density at radius 3 is 3.05 bits per heavy atom. The summed E-state index contributed by atoms with van der Waals surface area (Å²) in [5, 5.41) is 7.45. The Bertz CT molecular complexity index is 524. The second-order valence-corrected chi connectivity index (χ2v) is 6.67. The third-order valence-electron chi connectivity index (χ3n) is 4.24. The number of hydrogen-bond acceptors (Lipinski definition) is 3. The number of fused-ring (bicyclic) bond motifs is 1. The van der Waals surface area contributed by atoms with E-state index < -0.39 is 0 Å². The zero-order valence-electron chi connectivity index (χ0n) is 11.7. The first-order valence-electron chi connectivity index (χ1n) is 7.32. The van der Waals surface area contributed by atoms with Gasteiger partial charge >= 0.3 is 0 Å². The van der Waals surface area contributed by atoms with Gasteiger partial charge in [0.2, 0.25) is 5.91 Å². The molecule has 1 aromatic carbocycles. The van der Waals surface area contributed by atoms with Gasteiger partial charge in [-0.15, -0.1) is 0 Å². The number of benzene rings is 1. The minimum Gasteiger partial charge on any atom is -0.324 e. The van der Waals surface area contributed by atoms with Gasteiger partial charge in [-0.25, -0.2) is 0 Å². The number of piperidine rings is 1. The van der Waals surface area contributed by atoms with Gasteiger partial charge in [0.15, 0.2) is 0 Å². The maximum absolute atomic E-state index is 12.2. The molecular weight excluding hydrogens is 309 g/mol. The smallest absolute Gasteiger partial charge is 0.238 e. The lowest BCUT2D eigenvalue weighted by atomic mass is 9.94. The highest BCUT2D eigenvalue weighted by Crippen LogP contribution is 2.26. The van der Waals surface area contributed by atoms with Crippen molar-refractivity contribution in [3.63, 3.8) is 0 Å².